The van der Waals surface area contributed by atoms with Crippen LogP contribution in [-0.4, -0.2) is 28.1 Å². The number of nitro groups is 1. The molecule has 0 saturated heterocycles. The van der Waals surface area contributed by atoms with Crippen LogP contribution < -0.4 is 0 Å². The molecule has 6 heteroatoms. The van der Waals surface area contributed by atoms with E-state index in [1.165, 1.54) is 6.92 Å². The highest BCUT2D eigenvalue weighted by Gasteiger charge is 2.46. The maximum Gasteiger partial charge on any atom is 0.338 e. The Morgan fingerprint density at radius 1 is 1.39 bits per heavy atom. The summed E-state index contributed by atoms with van der Waals surface area (Å²) < 4.78 is 4.92. The molecule has 122 valence electrons. The number of aliphatic hydroxyl groups excluding tert-OH is 1. The summed E-state index contributed by atoms with van der Waals surface area (Å²) in [6.45, 7) is 3.26. The van der Waals surface area contributed by atoms with Gasteiger partial charge in [0.15, 0.2) is 0 Å². The smallest absolute Gasteiger partial charge is 0.338 e. The van der Waals surface area contributed by atoms with Gasteiger partial charge in [-0.25, -0.2) is 4.79 Å². The first-order valence-electron chi connectivity index (χ1n) is 7.37. The second-order valence-corrected chi connectivity index (χ2v) is 5.74. The molecular weight excluding hydrogens is 298 g/mol. The molecule has 0 saturated carbocycles. The maximum atomic E-state index is 12.0. The average Bonchev–Trinajstić information content (AvgIpc) is 2.51. The molecule has 0 amide bonds. The van der Waals surface area contributed by atoms with Crippen LogP contribution in [0.4, 0.5) is 0 Å². The minimum absolute atomic E-state index is 0.0421. The largest absolute Gasteiger partial charge is 0.507 e. The van der Waals surface area contributed by atoms with Crippen LogP contribution in [0.2, 0.25) is 0 Å². The Labute approximate surface area is 134 Å². The van der Waals surface area contributed by atoms with Crippen LogP contribution in [0.1, 0.15) is 32.3 Å². The van der Waals surface area contributed by atoms with Crippen molar-refractivity contribution >= 4 is 12.0 Å². The molecule has 1 aliphatic rings. The third-order valence-electron chi connectivity index (χ3n) is 3.82. The molecular formula is C17H19NO5. The van der Waals surface area contributed by atoms with Gasteiger partial charge in [0.25, 0.3) is 0 Å². The Balaban J connectivity index is 2.50. The summed E-state index contributed by atoms with van der Waals surface area (Å²) >= 11 is 0. The van der Waals surface area contributed by atoms with Gasteiger partial charge in [-0.3, -0.25) is 10.1 Å². The predicted octanol–water partition coefficient (Wildman–Crippen LogP) is 3.27. The van der Waals surface area contributed by atoms with Crippen LogP contribution in [0.15, 0.2) is 47.2 Å². The van der Waals surface area contributed by atoms with E-state index in [0.29, 0.717) is 5.57 Å². The van der Waals surface area contributed by atoms with Crippen LogP contribution in [0.3, 0.4) is 0 Å². The Morgan fingerprint density at radius 2 is 2.04 bits per heavy atom. The Kier molecular flexibility index (Phi) is 4.83. The van der Waals surface area contributed by atoms with Crippen LogP contribution in [0.25, 0.3) is 6.08 Å². The Bertz CT molecular complexity index is 677. The second kappa shape index (κ2) is 6.64. The number of aliphatic hydroxyl groups is 1. The molecule has 1 N–H and O–H groups in total. The van der Waals surface area contributed by atoms with Crippen LogP contribution in [-0.2, 0) is 9.53 Å². The molecule has 0 fully saturated rings. The fourth-order valence-electron chi connectivity index (χ4n) is 2.60. The Hall–Kier alpha value is -2.63. The third kappa shape index (κ3) is 3.59. The minimum Gasteiger partial charge on any atom is -0.507 e. The van der Waals surface area contributed by atoms with Gasteiger partial charge < -0.3 is 9.84 Å². The quantitative estimate of drug-likeness (QED) is 0.523. The first-order valence-corrected chi connectivity index (χ1v) is 7.37. The van der Waals surface area contributed by atoms with Crippen molar-refractivity contribution in [2.45, 2.75) is 32.2 Å². The topological polar surface area (TPSA) is 89.7 Å². The molecule has 2 rings (SSSR count). The van der Waals surface area contributed by atoms with E-state index < -0.39 is 16.4 Å². The third-order valence-corrected chi connectivity index (χ3v) is 3.82. The van der Waals surface area contributed by atoms with E-state index in [1.54, 1.807) is 13.0 Å². The number of ether oxygens (including phenoxy) is 1. The zero-order chi connectivity index (χ0) is 17.0. The number of carbonyl (C=O) groups is 1. The van der Waals surface area contributed by atoms with Crippen molar-refractivity contribution < 1.29 is 19.6 Å². The molecule has 0 heterocycles. The number of rotatable bonds is 4. The fraction of sp³-hybridized carbons (Fsp3) is 0.353. The van der Waals surface area contributed by atoms with Gasteiger partial charge in [0.05, 0.1) is 18.6 Å². The predicted molar refractivity (Wildman–Crippen MR) is 85.3 cm³/mol. The number of carbonyl (C=O) groups excluding carboxylic acids is 1. The number of nitrogens with zero attached hydrogens (tertiary/aromatic N) is 1. The first kappa shape index (κ1) is 16.7. The van der Waals surface area contributed by atoms with Crippen LogP contribution in [0, 0.1) is 10.1 Å². The van der Waals surface area contributed by atoms with E-state index in [9.17, 15) is 20.0 Å². The van der Waals surface area contributed by atoms with Gasteiger partial charge >= 0.3 is 5.97 Å². The molecule has 1 atom stereocenters. The highest BCUT2D eigenvalue weighted by atomic mass is 16.6. The molecule has 6 nitrogen and oxygen atoms in total. The van der Waals surface area contributed by atoms with Gasteiger partial charge in [0, 0.05) is 23.8 Å². The van der Waals surface area contributed by atoms with Gasteiger partial charge in [-0.05, 0) is 18.6 Å². The standard InChI is InChI=1S/C17H19NO5/c1-3-23-16(20)14-11-17(2,18(21)22)10-13(15(14)19)9-12-7-5-4-6-8-12/h4-9,19H,3,10-11H2,1-2H3/b13-9+. The van der Waals surface area contributed by atoms with E-state index in [1.807, 2.05) is 30.3 Å². The minimum atomic E-state index is -1.35. The lowest BCUT2D eigenvalue weighted by Gasteiger charge is -2.28. The second-order valence-electron chi connectivity index (χ2n) is 5.74. The molecule has 1 aromatic carbocycles. The van der Waals surface area contributed by atoms with E-state index >= 15 is 0 Å². The molecule has 23 heavy (non-hydrogen) atoms. The summed E-state index contributed by atoms with van der Waals surface area (Å²) in [5.74, 6) is -0.927. The van der Waals surface area contributed by atoms with Gasteiger partial charge in [0.2, 0.25) is 5.54 Å². The summed E-state index contributed by atoms with van der Waals surface area (Å²) in [6, 6.07) is 9.15. The molecule has 0 radical (unpaired) electrons. The lowest BCUT2D eigenvalue weighted by atomic mass is 9.79. The van der Waals surface area contributed by atoms with Crippen LogP contribution >= 0.6 is 0 Å². The molecule has 1 aliphatic carbocycles. The summed E-state index contributed by atoms with van der Waals surface area (Å²) in [5.41, 5.74) is -0.233. The molecule has 0 spiro atoms. The zero-order valence-corrected chi connectivity index (χ0v) is 13.1. The van der Waals surface area contributed by atoms with Crippen molar-refractivity contribution in [3.8, 4) is 0 Å². The number of allylic oxidation sites excluding steroid dienone is 1. The molecule has 0 aromatic heterocycles. The highest BCUT2D eigenvalue weighted by molar-refractivity contribution is 5.91. The number of hydrogen-bond acceptors (Lipinski definition) is 5. The lowest BCUT2D eigenvalue weighted by Crippen LogP contribution is -2.40. The van der Waals surface area contributed by atoms with Crippen molar-refractivity contribution in [2.75, 3.05) is 6.61 Å². The summed E-state index contributed by atoms with van der Waals surface area (Å²) in [5, 5.41) is 21.8. The first-order chi connectivity index (χ1) is 10.9. The van der Waals surface area contributed by atoms with Crippen molar-refractivity contribution in [3.05, 3.63) is 62.9 Å². The number of benzene rings is 1. The summed E-state index contributed by atoms with van der Waals surface area (Å²) in [7, 11) is 0. The van der Waals surface area contributed by atoms with Crippen molar-refractivity contribution in [1.29, 1.82) is 0 Å². The molecule has 0 bridgehead atoms. The number of hydrogen-bond donors (Lipinski definition) is 1. The fourth-order valence-corrected chi connectivity index (χ4v) is 2.60. The number of esters is 1. The van der Waals surface area contributed by atoms with Crippen LogP contribution in [0.5, 0.6) is 0 Å². The molecule has 1 aromatic rings. The normalized spacial score (nSPS) is 23.0. The van der Waals surface area contributed by atoms with E-state index in [0.717, 1.165) is 5.56 Å². The Morgan fingerprint density at radius 3 is 2.61 bits per heavy atom. The lowest BCUT2D eigenvalue weighted by molar-refractivity contribution is -0.565. The van der Waals surface area contributed by atoms with E-state index in [2.05, 4.69) is 0 Å². The summed E-state index contributed by atoms with van der Waals surface area (Å²) in [4.78, 5) is 23.1. The van der Waals surface area contributed by atoms with Crippen molar-refractivity contribution in [2.24, 2.45) is 0 Å². The highest BCUT2D eigenvalue weighted by Crippen LogP contribution is 2.38. The van der Waals surface area contributed by atoms with Crippen molar-refractivity contribution in [3.63, 3.8) is 0 Å². The van der Waals surface area contributed by atoms with Gasteiger partial charge in [-0.15, -0.1) is 0 Å². The maximum absolute atomic E-state index is 12.0. The van der Waals surface area contributed by atoms with E-state index in [-0.39, 0.29) is 30.8 Å². The monoisotopic (exact) mass is 317 g/mol. The average molecular weight is 317 g/mol. The van der Waals surface area contributed by atoms with Gasteiger partial charge in [0.1, 0.15) is 5.76 Å². The zero-order valence-electron chi connectivity index (χ0n) is 13.1. The summed E-state index contributed by atoms with van der Waals surface area (Å²) in [6.07, 6.45) is 1.55. The SMILES string of the molecule is CCOC(=O)C1=C(O)/C(=C/c2ccccc2)CC(C)([N+](=O)[O-])C1. The van der Waals surface area contributed by atoms with E-state index in [4.69, 9.17) is 4.74 Å². The van der Waals surface area contributed by atoms with Crippen molar-refractivity contribution in [1.82, 2.24) is 0 Å². The van der Waals surface area contributed by atoms with Gasteiger partial charge in [-0.2, -0.15) is 0 Å². The van der Waals surface area contributed by atoms with Gasteiger partial charge in [-0.1, -0.05) is 30.3 Å². The molecule has 1 unspecified atom stereocenters. The molecule has 0 aliphatic heterocycles.